The number of fused-ring (bicyclic) bond motifs is 1. The minimum absolute atomic E-state index is 0.0127. The molecule has 1 saturated heterocycles. The van der Waals surface area contributed by atoms with Crippen molar-refractivity contribution in [2.75, 3.05) is 31.6 Å². The number of nitrogens with one attached hydrogen (secondary N) is 1. The van der Waals surface area contributed by atoms with Crippen molar-refractivity contribution in [1.82, 2.24) is 9.88 Å². The number of hydrogen-bond donors (Lipinski definition) is 2. The van der Waals surface area contributed by atoms with Crippen molar-refractivity contribution in [3.63, 3.8) is 0 Å². The van der Waals surface area contributed by atoms with Crippen molar-refractivity contribution in [2.24, 2.45) is 5.14 Å². The summed E-state index contributed by atoms with van der Waals surface area (Å²) in [6.07, 6.45) is 1.57. The molecule has 1 fully saturated rings. The smallest absolute Gasteiger partial charge is 0.295 e. The number of halogens is 2. The van der Waals surface area contributed by atoms with Gasteiger partial charge in [-0.1, -0.05) is 11.6 Å². The lowest BCUT2D eigenvalue weighted by Gasteiger charge is -2.32. The molecule has 0 bridgehead atoms. The lowest BCUT2D eigenvalue weighted by molar-refractivity contribution is 0.206. The largest absolute Gasteiger partial charge is 0.494 e. The first-order chi connectivity index (χ1) is 16.7. The fraction of sp³-hybridized carbons (Fsp3) is 0.435. The summed E-state index contributed by atoms with van der Waals surface area (Å²) in [4.78, 5) is 6.32. The maximum absolute atomic E-state index is 14.9. The van der Waals surface area contributed by atoms with Gasteiger partial charge in [-0.2, -0.15) is 4.98 Å². The van der Waals surface area contributed by atoms with E-state index >= 15 is 0 Å². The van der Waals surface area contributed by atoms with E-state index in [2.05, 4.69) is 15.2 Å². The molecule has 0 unspecified atom stereocenters. The van der Waals surface area contributed by atoms with E-state index in [0.29, 0.717) is 36.6 Å². The van der Waals surface area contributed by atoms with E-state index in [9.17, 15) is 12.8 Å². The molecule has 3 N–H and O–H groups in total. The van der Waals surface area contributed by atoms with Gasteiger partial charge in [0.1, 0.15) is 16.2 Å². The van der Waals surface area contributed by atoms with Crippen LogP contribution in [-0.2, 0) is 16.6 Å². The minimum atomic E-state index is -3.98. The maximum Gasteiger partial charge on any atom is 0.295 e. The van der Waals surface area contributed by atoms with E-state index in [-0.39, 0.29) is 39.1 Å². The van der Waals surface area contributed by atoms with Gasteiger partial charge in [-0.15, -0.1) is 0 Å². The number of primary sulfonamides is 1. The minimum Gasteiger partial charge on any atom is -0.494 e. The van der Waals surface area contributed by atoms with Crippen molar-refractivity contribution in [2.45, 2.75) is 44.2 Å². The van der Waals surface area contributed by atoms with Gasteiger partial charge in [0.25, 0.3) is 6.01 Å². The number of aromatic nitrogens is 1. The number of likely N-dealkylation sites (tertiary alicyclic amines) is 1. The molecule has 12 heteroatoms. The van der Waals surface area contributed by atoms with E-state index in [1.165, 1.54) is 12.1 Å². The Morgan fingerprint density at radius 3 is 2.57 bits per heavy atom. The summed E-state index contributed by atoms with van der Waals surface area (Å²) in [5, 5.41) is 8.44. The third-order valence-corrected chi connectivity index (χ3v) is 7.13. The summed E-state index contributed by atoms with van der Waals surface area (Å²) in [5.41, 5.74) is 1.23. The molecule has 1 aliphatic heterocycles. The zero-order chi connectivity index (χ0) is 25.2. The van der Waals surface area contributed by atoms with E-state index in [4.69, 9.17) is 30.6 Å². The van der Waals surface area contributed by atoms with Crippen LogP contribution < -0.4 is 19.9 Å². The zero-order valence-electron chi connectivity index (χ0n) is 19.5. The molecule has 0 aliphatic carbocycles. The molecule has 1 aliphatic rings. The molecule has 2 heterocycles. The van der Waals surface area contributed by atoms with Gasteiger partial charge in [0, 0.05) is 43.4 Å². The fourth-order valence-corrected chi connectivity index (χ4v) is 5.20. The second kappa shape index (κ2) is 10.6. The van der Waals surface area contributed by atoms with E-state index in [1.54, 1.807) is 12.1 Å². The normalized spacial score (nSPS) is 15.5. The van der Waals surface area contributed by atoms with Gasteiger partial charge >= 0.3 is 0 Å². The second-order valence-corrected chi connectivity index (χ2v) is 10.2. The van der Waals surface area contributed by atoms with Crippen LogP contribution >= 0.6 is 11.6 Å². The van der Waals surface area contributed by atoms with E-state index in [1.807, 2.05) is 13.8 Å². The van der Waals surface area contributed by atoms with Crippen molar-refractivity contribution in [3.8, 4) is 11.5 Å². The number of benzene rings is 2. The summed E-state index contributed by atoms with van der Waals surface area (Å²) in [6.45, 7) is 6.47. The molecule has 190 valence electrons. The van der Waals surface area contributed by atoms with Crippen molar-refractivity contribution >= 4 is 38.7 Å². The fourth-order valence-electron chi connectivity index (χ4n) is 4.11. The van der Waals surface area contributed by atoms with Crippen LogP contribution in [0.4, 0.5) is 10.4 Å². The average Bonchev–Trinajstić information content (AvgIpc) is 3.18. The highest BCUT2D eigenvalue weighted by atomic mass is 35.5. The molecule has 4 rings (SSSR count). The van der Waals surface area contributed by atoms with E-state index in [0.717, 1.165) is 25.9 Å². The van der Waals surface area contributed by atoms with Gasteiger partial charge in [0.2, 0.25) is 10.0 Å². The standard InChI is InChI=1S/C23H28ClFN4O5S/c1-3-32-16-9-14(22(25)20(10-16)33-4-2)13-29-7-5-15(6-8-29)27-23-28-18-11-17(24)21(35(26,30)31)12-19(18)34-23/h9-12,15H,3-8,13H2,1-2H3,(H,27,28)(H2,26,30,31). The molecular formula is C23H28ClFN4O5S. The van der Waals surface area contributed by atoms with E-state index < -0.39 is 10.0 Å². The van der Waals surface area contributed by atoms with Gasteiger partial charge in [0.05, 0.1) is 18.2 Å². The Bertz CT molecular complexity index is 1310. The third kappa shape index (κ3) is 5.97. The topological polar surface area (TPSA) is 120 Å². The summed E-state index contributed by atoms with van der Waals surface area (Å²) in [5.74, 6) is 0.428. The molecular weight excluding hydrogens is 499 g/mol. The molecule has 3 aromatic rings. The van der Waals surface area contributed by atoms with Gasteiger partial charge in [-0.25, -0.2) is 17.9 Å². The SMILES string of the molecule is CCOc1cc(CN2CCC(Nc3nc4cc(Cl)c(S(N)(=O)=O)cc4o3)CC2)c(F)c(OCC)c1. The highest BCUT2D eigenvalue weighted by molar-refractivity contribution is 7.89. The van der Waals surface area contributed by atoms with Crippen LogP contribution in [0.1, 0.15) is 32.3 Å². The Kier molecular flexibility index (Phi) is 7.70. The Labute approximate surface area is 208 Å². The number of piperidine rings is 1. The Morgan fingerprint density at radius 2 is 1.91 bits per heavy atom. The zero-order valence-corrected chi connectivity index (χ0v) is 21.1. The van der Waals surface area contributed by atoms with Gasteiger partial charge in [-0.3, -0.25) is 4.90 Å². The number of hydrogen-bond acceptors (Lipinski definition) is 8. The third-order valence-electron chi connectivity index (χ3n) is 5.76. The molecule has 9 nitrogen and oxygen atoms in total. The quantitative estimate of drug-likeness (QED) is 0.427. The molecule has 0 atom stereocenters. The molecule has 0 radical (unpaired) electrons. The van der Waals surface area contributed by atoms with Crippen LogP contribution in [0.25, 0.3) is 11.1 Å². The van der Waals surface area contributed by atoms with Crippen molar-refractivity contribution < 1.29 is 26.7 Å². The van der Waals surface area contributed by atoms with Gasteiger partial charge in [-0.05, 0) is 38.8 Å². The molecule has 2 aromatic carbocycles. The summed E-state index contributed by atoms with van der Waals surface area (Å²) >= 11 is 6.03. The number of ether oxygens (including phenoxy) is 2. The Hall–Kier alpha value is -2.60. The molecule has 0 saturated carbocycles. The first-order valence-corrected chi connectivity index (χ1v) is 13.3. The number of nitrogens with zero attached hydrogens (tertiary/aromatic N) is 2. The van der Waals surface area contributed by atoms with Crippen molar-refractivity contribution in [1.29, 1.82) is 0 Å². The molecule has 1 aromatic heterocycles. The monoisotopic (exact) mass is 526 g/mol. The predicted molar refractivity (Wildman–Crippen MR) is 131 cm³/mol. The number of sulfonamides is 1. The lowest BCUT2D eigenvalue weighted by Crippen LogP contribution is -2.38. The number of nitrogens with two attached hydrogens (primary N) is 1. The number of oxazole rings is 1. The molecule has 0 amide bonds. The highest BCUT2D eigenvalue weighted by Gasteiger charge is 2.24. The second-order valence-electron chi connectivity index (χ2n) is 8.27. The van der Waals surface area contributed by atoms with Crippen LogP contribution in [0, 0.1) is 5.82 Å². The first kappa shape index (κ1) is 25.5. The van der Waals surface area contributed by atoms with Crippen LogP contribution in [0.15, 0.2) is 33.6 Å². The molecule has 35 heavy (non-hydrogen) atoms. The first-order valence-electron chi connectivity index (χ1n) is 11.4. The van der Waals surface area contributed by atoms with Crippen molar-refractivity contribution in [3.05, 3.63) is 40.7 Å². The Morgan fingerprint density at radius 1 is 1.20 bits per heavy atom. The number of anilines is 1. The van der Waals surface area contributed by atoms with Crippen LogP contribution in [0.5, 0.6) is 11.5 Å². The maximum atomic E-state index is 14.9. The summed E-state index contributed by atoms with van der Waals surface area (Å²) in [7, 11) is -3.98. The lowest BCUT2D eigenvalue weighted by atomic mass is 10.0. The summed E-state index contributed by atoms with van der Waals surface area (Å²) in [6, 6.07) is 6.36. The van der Waals surface area contributed by atoms with Gasteiger partial charge in [0.15, 0.2) is 17.1 Å². The predicted octanol–water partition coefficient (Wildman–Crippen LogP) is 4.14. The van der Waals surface area contributed by atoms with Crippen LogP contribution in [0.2, 0.25) is 5.02 Å². The average molecular weight is 527 g/mol. The molecule has 0 spiro atoms. The van der Waals surface area contributed by atoms with Gasteiger partial charge < -0.3 is 19.2 Å². The van der Waals surface area contributed by atoms with Crippen LogP contribution in [-0.4, -0.2) is 50.6 Å². The number of rotatable bonds is 9. The highest BCUT2D eigenvalue weighted by Crippen LogP contribution is 2.31. The summed E-state index contributed by atoms with van der Waals surface area (Å²) < 4.78 is 55.0. The van der Waals surface area contributed by atoms with Crippen LogP contribution in [0.3, 0.4) is 0 Å². The Balaban J connectivity index is 1.40.